The van der Waals surface area contributed by atoms with Crippen molar-refractivity contribution in [2.45, 2.75) is 71.1 Å². The van der Waals surface area contributed by atoms with Gasteiger partial charge in [0, 0.05) is 24.1 Å². The number of nitrogens with zero attached hydrogens (tertiary/aromatic N) is 3. The second-order valence-electron chi connectivity index (χ2n) is 10.9. The van der Waals surface area contributed by atoms with Crippen LogP contribution in [0.25, 0.3) is 0 Å². The van der Waals surface area contributed by atoms with Crippen LogP contribution in [0.1, 0.15) is 64.1 Å². The molecule has 212 valence electrons. The number of hydrogen-bond donors (Lipinski definition) is 1. The first-order valence-electron chi connectivity index (χ1n) is 13.2. The second-order valence-corrected chi connectivity index (χ2v) is 10.9. The molecule has 0 bridgehead atoms. The molecule has 3 aromatic rings. The smallest absolute Gasteiger partial charge is 0.444 e. The van der Waals surface area contributed by atoms with Crippen LogP contribution < -0.4 is 10.1 Å². The van der Waals surface area contributed by atoms with Gasteiger partial charge < -0.3 is 14.2 Å². The van der Waals surface area contributed by atoms with E-state index in [0.717, 1.165) is 30.5 Å². The van der Waals surface area contributed by atoms with Crippen LogP contribution in [-0.2, 0) is 21.6 Å². The van der Waals surface area contributed by atoms with Crippen molar-refractivity contribution in [3.63, 3.8) is 0 Å². The zero-order chi connectivity index (χ0) is 28.9. The molecular weight excluding hydrogens is 516 g/mol. The highest BCUT2D eigenvalue weighted by Gasteiger charge is 2.34. The number of amides is 1. The third-order valence-corrected chi connectivity index (χ3v) is 6.89. The number of ether oxygens (including phenoxy) is 3. The number of non-ortho nitro benzene ring substituents is 1. The number of nitro benzene ring substituents is 1. The third kappa shape index (κ3) is 7.37. The number of aromatic nitrogens is 2. The summed E-state index contributed by atoms with van der Waals surface area (Å²) >= 11 is 0. The highest BCUT2D eigenvalue weighted by atomic mass is 16.7. The summed E-state index contributed by atoms with van der Waals surface area (Å²) in [4.78, 5) is 35.1. The fourth-order valence-electron chi connectivity index (χ4n) is 4.78. The molecule has 1 fully saturated rings. The largest absolute Gasteiger partial charge is 0.514 e. The van der Waals surface area contributed by atoms with E-state index in [9.17, 15) is 19.7 Å². The zero-order valence-corrected chi connectivity index (χ0v) is 23.0. The van der Waals surface area contributed by atoms with Gasteiger partial charge in [0.05, 0.1) is 16.2 Å². The Bertz CT molecular complexity index is 1330. The number of benzene rings is 2. The summed E-state index contributed by atoms with van der Waals surface area (Å²) in [5, 5.41) is 18.5. The average Bonchev–Trinajstić information content (AvgIpc) is 3.56. The van der Waals surface area contributed by atoms with Crippen LogP contribution >= 0.6 is 0 Å². The standard InChI is InChI=1S/C29H34N4O7/c1-19(39-28(35)40-24-14-12-23(13-15-24)33(36)37)21-10-11-22(16-21)25-17-26(32(31-25)29(2,3)4)30-27(34)38-18-20-8-6-5-7-9-20/h5-9,12-15,17,19,21-22H,10-11,16,18H2,1-4H3,(H,30,34)/t19?,21-,22+/m1/s1. The molecule has 40 heavy (non-hydrogen) atoms. The van der Waals surface area contributed by atoms with Gasteiger partial charge in [-0.15, -0.1) is 0 Å². The molecule has 11 nitrogen and oxygen atoms in total. The summed E-state index contributed by atoms with van der Waals surface area (Å²) in [7, 11) is 0. The molecule has 1 saturated carbocycles. The number of hydrogen-bond acceptors (Lipinski definition) is 8. The minimum absolute atomic E-state index is 0.0950. The molecule has 1 aliphatic carbocycles. The van der Waals surface area contributed by atoms with Crippen molar-refractivity contribution in [1.82, 2.24) is 9.78 Å². The van der Waals surface area contributed by atoms with Crippen LogP contribution in [0.4, 0.5) is 21.1 Å². The minimum atomic E-state index is -0.859. The van der Waals surface area contributed by atoms with Crippen molar-refractivity contribution in [3.8, 4) is 5.75 Å². The summed E-state index contributed by atoms with van der Waals surface area (Å²) < 4.78 is 17.9. The van der Waals surface area contributed by atoms with Crippen molar-refractivity contribution in [1.29, 1.82) is 0 Å². The maximum Gasteiger partial charge on any atom is 0.514 e. The number of nitrogens with one attached hydrogen (secondary N) is 1. The Morgan fingerprint density at radius 1 is 1.12 bits per heavy atom. The average molecular weight is 551 g/mol. The second kappa shape index (κ2) is 12.2. The van der Waals surface area contributed by atoms with Crippen molar-refractivity contribution < 1.29 is 28.7 Å². The maximum absolute atomic E-state index is 12.6. The van der Waals surface area contributed by atoms with Crippen LogP contribution in [0.3, 0.4) is 0 Å². The molecule has 11 heteroatoms. The molecule has 2 aromatic carbocycles. The highest BCUT2D eigenvalue weighted by Crippen LogP contribution is 2.41. The lowest BCUT2D eigenvalue weighted by Gasteiger charge is -2.22. The minimum Gasteiger partial charge on any atom is -0.444 e. The molecular formula is C29H34N4O7. The molecule has 1 N–H and O–H groups in total. The molecule has 1 unspecified atom stereocenters. The molecule has 1 aliphatic rings. The summed E-state index contributed by atoms with van der Waals surface area (Å²) in [6.45, 7) is 8.02. The molecule has 0 aliphatic heterocycles. The fraction of sp³-hybridized carbons (Fsp3) is 0.414. The van der Waals surface area contributed by atoms with Gasteiger partial charge in [-0.1, -0.05) is 30.3 Å². The Morgan fingerprint density at radius 2 is 1.82 bits per heavy atom. The van der Waals surface area contributed by atoms with Gasteiger partial charge in [-0.2, -0.15) is 5.10 Å². The number of carbonyl (C=O) groups is 2. The van der Waals surface area contributed by atoms with Crippen LogP contribution in [-0.4, -0.2) is 33.1 Å². The van der Waals surface area contributed by atoms with E-state index in [1.807, 2.05) is 64.1 Å². The molecule has 0 spiro atoms. The van der Waals surface area contributed by atoms with E-state index >= 15 is 0 Å². The molecule has 1 aromatic heterocycles. The Hall–Kier alpha value is -4.41. The quantitative estimate of drug-likeness (QED) is 0.140. The highest BCUT2D eigenvalue weighted by molar-refractivity contribution is 5.83. The molecule has 1 heterocycles. The Labute approximate surface area is 232 Å². The Kier molecular flexibility index (Phi) is 8.71. The molecule has 3 atom stereocenters. The number of nitro groups is 1. The van der Waals surface area contributed by atoms with Gasteiger partial charge >= 0.3 is 12.2 Å². The predicted molar refractivity (Wildman–Crippen MR) is 147 cm³/mol. The predicted octanol–water partition coefficient (Wildman–Crippen LogP) is 6.78. The summed E-state index contributed by atoms with van der Waals surface area (Å²) in [6, 6.07) is 16.6. The van der Waals surface area contributed by atoms with Gasteiger partial charge in [0.1, 0.15) is 24.3 Å². The molecule has 0 radical (unpaired) electrons. The van der Waals surface area contributed by atoms with Crippen LogP contribution in [0.2, 0.25) is 0 Å². The SMILES string of the molecule is CC(OC(=O)Oc1ccc([N+](=O)[O-])cc1)[C@@H]1CC[C@H](c2cc(NC(=O)OCc3ccccc3)n(C(C)(C)C)n2)C1. The number of anilines is 1. The summed E-state index contributed by atoms with van der Waals surface area (Å²) in [6.07, 6.45) is 0.632. The Morgan fingerprint density at radius 3 is 2.48 bits per heavy atom. The first-order chi connectivity index (χ1) is 19.0. The molecule has 4 rings (SSSR count). The zero-order valence-electron chi connectivity index (χ0n) is 23.0. The van der Waals surface area contributed by atoms with E-state index in [0.29, 0.717) is 5.82 Å². The molecule has 1 amide bonds. The third-order valence-electron chi connectivity index (χ3n) is 6.89. The first kappa shape index (κ1) is 28.6. The first-order valence-corrected chi connectivity index (χ1v) is 13.2. The van der Waals surface area contributed by atoms with Gasteiger partial charge in [0.2, 0.25) is 0 Å². The lowest BCUT2D eigenvalue weighted by atomic mass is 9.98. The number of carbonyl (C=O) groups excluding carboxylic acids is 2. The lowest BCUT2D eigenvalue weighted by Crippen LogP contribution is -2.27. The van der Waals surface area contributed by atoms with Crippen LogP contribution in [0.5, 0.6) is 5.75 Å². The van der Waals surface area contributed by atoms with E-state index in [1.165, 1.54) is 24.3 Å². The number of rotatable bonds is 8. The van der Waals surface area contributed by atoms with Gasteiger partial charge in [-0.3, -0.25) is 15.4 Å². The van der Waals surface area contributed by atoms with Gasteiger partial charge in [0.25, 0.3) is 5.69 Å². The van der Waals surface area contributed by atoms with E-state index in [4.69, 9.17) is 19.3 Å². The van der Waals surface area contributed by atoms with Crippen molar-refractivity contribution in [2.75, 3.05) is 5.32 Å². The van der Waals surface area contributed by atoms with Crippen LogP contribution in [0, 0.1) is 16.0 Å². The Balaban J connectivity index is 1.34. The van der Waals surface area contributed by atoms with E-state index in [1.54, 1.807) is 4.68 Å². The summed E-state index contributed by atoms with van der Waals surface area (Å²) in [5.41, 5.74) is 1.28. The lowest BCUT2D eigenvalue weighted by molar-refractivity contribution is -0.384. The van der Waals surface area contributed by atoms with Gasteiger partial charge in [-0.05, 0) is 70.6 Å². The monoisotopic (exact) mass is 550 g/mol. The fourth-order valence-corrected chi connectivity index (χ4v) is 4.78. The van der Waals surface area contributed by atoms with Gasteiger partial charge in [0.15, 0.2) is 0 Å². The van der Waals surface area contributed by atoms with E-state index in [-0.39, 0.29) is 35.4 Å². The van der Waals surface area contributed by atoms with Gasteiger partial charge in [-0.25, -0.2) is 14.3 Å². The van der Waals surface area contributed by atoms with E-state index in [2.05, 4.69) is 5.32 Å². The summed E-state index contributed by atoms with van der Waals surface area (Å²) in [5.74, 6) is 0.954. The maximum atomic E-state index is 12.6. The topological polar surface area (TPSA) is 135 Å². The molecule has 0 saturated heterocycles. The van der Waals surface area contributed by atoms with Crippen molar-refractivity contribution >= 4 is 23.8 Å². The van der Waals surface area contributed by atoms with Crippen molar-refractivity contribution in [3.05, 3.63) is 82.0 Å². The van der Waals surface area contributed by atoms with Crippen LogP contribution in [0.15, 0.2) is 60.7 Å². The van der Waals surface area contributed by atoms with E-state index < -0.39 is 23.3 Å². The van der Waals surface area contributed by atoms with Crippen molar-refractivity contribution in [2.24, 2.45) is 5.92 Å². The normalized spacial score (nSPS) is 17.6.